The number of ether oxygens (including phenoxy) is 1. The Labute approximate surface area is 92.9 Å². The molecule has 0 radical (unpaired) electrons. The lowest BCUT2D eigenvalue weighted by Gasteiger charge is -2.04. The van der Waals surface area contributed by atoms with Crippen LogP contribution >= 0.6 is 0 Å². The summed E-state index contributed by atoms with van der Waals surface area (Å²) in [6, 6.07) is 4.02. The van der Waals surface area contributed by atoms with E-state index in [0.717, 1.165) is 25.4 Å². The van der Waals surface area contributed by atoms with Gasteiger partial charge in [-0.1, -0.05) is 13.8 Å². The highest BCUT2D eigenvalue weighted by atomic mass is 16.5. The molecular weight excluding hydrogens is 188 g/mol. The molecule has 0 aromatic carbocycles. The van der Waals surface area contributed by atoms with Crippen molar-refractivity contribution in [3.63, 3.8) is 0 Å². The third-order valence-corrected chi connectivity index (χ3v) is 1.75. The number of rotatable bonds is 5. The predicted molar refractivity (Wildman–Crippen MR) is 65.3 cm³/mol. The van der Waals surface area contributed by atoms with E-state index in [1.54, 1.807) is 7.11 Å². The van der Waals surface area contributed by atoms with Gasteiger partial charge in [0.1, 0.15) is 5.82 Å². The van der Waals surface area contributed by atoms with E-state index in [1.807, 2.05) is 32.2 Å². The zero-order valence-corrected chi connectivity index (χ0v) is 10.2. The average Bonchev–Trinajstić information content (AvgIpc) is 2.27. The smallest absolute Gasteiger partial charge is 0.126 e. The molecule has 0 aliphatic rings. The Kier molecular flexibility index (Phi) is 8.78. The predicted octanol–water partition coefficient (Wildman–Crippen LogP) is 2.86. The van der Waals surface area contributed by atoms with Gasteiger partial charge in [0.2, 0.25) is 0 Å². The molecule has 1 aromatic rings. The molecule has 0 atom stereocenters. The zero-order valence-electron chi connectivity index (χ0n) is 10.2. The first-order valence-electron chi connectivity index (χ1n) is 5.48. The van der Waals surface area contributed by atoms with Crippen molar-refractivity contribution in [1.82, 2.24) is 4.98 Å². The summed E-state index contributed by atoms with van der Waals surface area (Å²) in [6.45, 7) is 7.76. The molecule has 0 bridgehead atoms. The number of anilines is 1. The van der Waals surface area contributed by atoms with Crippen LogP contribution in [0.2, 0.25) is 0 Å². The highest BCUT2D eigenvalue weighted by molar-refractivity contribution is 5.36. The fourth-order valence-corrected chi connectivity index (χ4v) is 1.07. The van der Waals surface area contributed by atoms with E-state index in [4.69, 9.17) is 4.74 Å². The van der Waals surface area contributed by atoms with E-state index in [1.165, 1.54) is 5.56 Å². The van der Waals surface area contributed by atoms with Crippen LogP contribution in [-0.4, -0.2) is 25.2 Å². The minimum atomic E-state index is 0.790. The third kappa shape index (κ3) is 6.91. The molecule has 0 unspecified atom stereocenters. The van der Waals surface area contributed by atoms with E-state index < -0.39 is 0 Å². The summed E-state index contributed by atoms with van der Waals surface area (Å²) in [4.78, 5) is 4.19. The van der Waals surface area contributed by atoms with Gasteiger partial charge in [0.05, 0.1) is 0 Å². The van der Waals surface area contributed by atoms with Crippen molar-refractivity contribution in [3.05, 3.63) is 23.9 Å². The summed E-state index contributed by atoms with van der Waals surface area (Å²) in [5.41, 5.74) is 1.23. The third-order valence-electron chi connectivity index (χ3n) is 1.75. The summed E-state index contributed by atoms with van der Waals surface area (Å²) < 4.78 is 4.94. The van der Waals surface area contributed by atoms with Gasteiger partial charge >= 0.3 is 0 Å². The normalized spacial score (nSPS) is 9.07. The van der Waals surface area contributed by atoms with Crippen LogP contribution in [0.15, 0.2) is 18.3 Å². The first kappa shape index (κ1) is 13.9. The van der Waals surface area contributed by atoms with Crippen molar-refractivity contribution < 1.29 is 4.74 Å². The number of nitrogens with zero attached hydrogens (tertiary/aromatic N) is 1. The summed E-state index contributed by atoms with van der Waals surface area (Å²) in [5, 5.41) is 3.23. The number of nitrogens with one attached hydrogen (secondary N) is 1. The van der Waals surface area contributed by atoms with Gasteiger partial charge in [-0.25, -0.2) is 4.98 Å². The minimum Gasteiger partial charge on any atom is -0.385 e. The maximum Gasteiger partial charge on any atom is 0.126 e. The summed E-state index contributed by atoms with van der Waals surface area (Å²) in [5.74, 6) is 0.941. The van der Waals surface area contributed by atoms with Crippen molar-refractivity contribution in [1.29, 1.82) is 0 Å². The molecule has 0 amide bonds. The van der Waals surface area contributed by atoms with E-state index >= 15 is 0 Å². The monoisotopic (exact) mass is 210 g/mol. The fourth-order valence-electron chi connectivity index (χ4n) is 1.07. The molecule has 0 fully saturated rings. The van der Waals surface area contributed by atoms with Crippen molar-refractivity contribution in [2.75, 3.05) is 25.6 Å². The molecule has 1 aromatic heterocycles. The van der Waals surface area contributed by atoms with Crippen molar-refractivity contribution in [2.24, 2.45) is 0 Å². The van der Waals surface area contributed by atoms with E-state index in [0.29, 0.717) is 0 Å². The molecule has 86 valence electrons. The van der Waals surface area contributed by atoms with Crippen LogP contribution < -0.4 is 5.32 Å². The molecular formula is C12H22N2O. The van der Waals surface area contributed by atoms with Gasteiger partial charge in [-0.05, 0) is 31.0 Å². The second kappa shape index (κ2) is 9.46. The summed E-state index contributed by atoms with van der Waals surface area (Å²) in [6.07, 6.45) is 2.82. The Morgan fingerprint density at radius 1 is 1.40 bits per heavy atom. The second-order valence-electron chi connectivity index (χ2n) is 2.99. The van der Waals surface area contributed by atoms with Gasteiger partial charge in [0.25, 0.3) is 0 Å². The second-order valence-corrected chi connectivity index (χ2v) is 2.99. The van der Waals surface area contributed by atoms with Crippen LogP contribution in [0.4, 0.5) is 5.82 Å². The molecule has 1 heterocycles. The maximum absolute atomic E-state index is 4.94. The van der Waals surface area contributed by atoms with Gasteiger partial charge in [0, 0.05) is 26.5 Å². The van der Waals surface area contributed by atoms with Gasteiger partial charge < -0.3 is 10.1 Å². The lowest BCUT2D eigenvalue weighted by atomic mass is 10.3. The zero-order chi connectivity index (χ0) is 11.5. The van der Waals surface area contributed by atoms with Crippen LogP contribution in [0.25, 0.3) is 0 Å². The number of aromatic nitrogens is 1. The first-order valence-corrected chi connectivity index (χ1v) is 5.48. The standard InChI is InChI=1S/C10H16N2O.C2H6/c1-9-4-6-12-10(8-9)11-5-3-7-13-2;1-2/h4,6,8H,3,5,7H2,1-2H3,(H,11,12);1-2H3. The lowest BCUT2D eigenvalue weighted by molar-refractivity contribution is 0.198. The number of aryl methyl sites for hydroxylation is 1. The molecule has 3 heteroatoms. The Morgan fingerprint density at radius 2 is 2.13 bits per heavy atom. The number of hydrogen-bond acceptors (Lipinski definition) is 3. The fraction of sp³-hybridized carbons (Fsp3) is 0.583. The van der Waals surface area contributed by atoms with Crippen molar-refractivity contribution in [3.8, 4) is 0 Å². The highest BCUT2D eigenvalue weighted by Gasteiger charge is 1.92. The van der Waals surface area contributed by atoms with Gasteiger partial charge in [-0.15, -0.1) is 0 Å². The van der Waals surface area contributed by atoms with Crippen molar-refractivity contribution in [2.45, 2.75) is 27.2 Å². The molecule has 1 N–H and O–H groups in total. The summed E-state index contributed by atoms with van der Waals surface area (Å²) >= 11 is 0. The Balaban J connectivity index is 0.000000921. The molecule has 15 heavy (non-hydrogen) atoms. The van der Waals surface area contributed by atoms with E-state index in [9.17, 15) is 0 Å². The SMILES string of the molecule is CC.COCCCNc1cc(C)ccn1. The van der Waals surface area contributed by atoms with Crippen LogP contribution in [-0.2, 0) is 4.74 Å². The number of hydrogen-bond donors (Lipinski definition) is 1. The van der Waals surface area contributed by atoms with Crippen LogP contribution in [0, 0.1) is 6.92 Å². The van der Waals surface area contributed by atoms with Crippen LogP contribution in [0.1, 0.15) is 25.8 Å². The summed E-state index contributed by atoms with van der Waals surface area (Å²) in [7, 11) is 1.71. The van der Waals surface area contributed by atoms with Crippen molar-refractivity contribution >= 4 is 5.82 Å². The Morgan fingerprint density at radius 3 is 2.73 bits per heavy atom. The molecule has 0 saturated heterocycles. The highest BCUT2D eigenvalue weighted by Crippen LogP contribution is 2.04. The first-order chi connectivity index (χ1) is 7.33. The lowest BCUT2D eigenvalue weighted by Crippen LogP contribution is -2.05. The van der Waals surface area contributed by atoms with Gasteiger partial charge in [-0.3, -0.25) is 0 Å². The van der Waals surface area contributed by atoms with Gasteiger partial charge in [0.15, 0.2) is 0 Å². The Hall–Kier alpha value is -1.09. The average molecular weight is 210 g/mol. The molecule has 1 rings (SSSR count). The Bertz CT molecular complexity index is 251. The van der Waals surface area contributed by atoms with Crippen LogP contribution in [0.5, 0.6) is 0 Å². The topological polar surface area (TPSA) is 34.1 Å². The molecule has 0 spiro atoms. The van der Waals surface area contributed by atoms with E-state index in [-0.39, 0.29) is 0 Å². The molecule has 3 nitrogen and oxygen atoms in total. The van der Waals surface area contributed by atoms with Crippen LogP contribution in [0.3, 0.4) is 0 Å². The number of pyridine rings is 1. The molecule has 0 aliphatic heterocycles. The maximum atomic E-state index is 4.94. The largest absolute Gasteiger partial charge is 0.385 e. The van der Waals surface area contributed by atoms with Gasteiger partial charge in [-0.2, -0.15) is 0 Å². The quantitative estimate of drug-likeness (QED) is 0.759. The van der Waals surface area contributed by atoms with E-state index in [2.05, 4.69) is 17.2 Å². The minimum absolute atomic E-state index is 0.790. The molecule has 0 aliphatic carbocycles. The number of methoxy groups -OCH3 is 1. The molecule has 0 saturated carbocycles.